The van der Waals surface area contributed by atoms with E-state index < -0.39 is 0 Å². The van der Waals surface area contributed by atoms with E-state index in [0.29, 0.717) is 6.04 Å². The molecule has 102 valence electrons. The predicted octanol–water partition coefficient (Wildman–Crippen LogP) is 2.83. The Kier molecular flexibility index (Phi) is 6.76. The third kappa shape index (κ3) is 3.72. The van der Waals surface area contributed by atoms with Crippen LogP contribution in [0.1, 0.15) is 31.9 Å². The van der Waals surface area contributed by atoms with Gasteiger partial charge in [0.15, 0.2) is 0 Å². The molecule has 0 bridgehead atoms. The molecule has 0 aromatic heterocycles. The van der Waals surface area contributed by atoms with Gasteiger partial charge >= 0.3 is 0 Å². The van der Waals surface area contributed by atoms with E-state index in [9.17, 15) is 0 Å². The first-order valence-electron chi connectivity index (χ1n) is 6.78. The Labute approximate surface area is 111 Å². The van der Waals surface area contributed by atoms with Crippen LogP contribution in [0.3, 0.4) is 0 Å². The number of hydrogen-bond acceptors (Lipinski definition) is 3. The second-order valence-electron chi connectivity index (χ2n) is 4.38. The van der Waals surface area contributed by atoms with Crippen LogP contribution in [0.2, 0.25) is 0 Å². The lowest BCUT2D eigenvalue weighted by atomic mass is 10.0. The normalized spacial score (nSPS) is 12.4. The minimum Gasteiger partial charge on any atom is -0.383 e. The lowest BCUT2D eigenvalue weighted by molar-refractivity contribution is 0.205. The van der Waals surface area contributed by atoms with Crippen LogP contribution in [0.15, 0.2) is 24.3 Å². The minimum absolute atomic E-state index is 0.415. The zero-order chi connectivity index (χ0) is 13.4. The van der Waals surface area contributed by atoms with Gasteiger partial charge in [0.1, 0.15) is 0 Å². The molecule has 0 aliphatic rings. The monoisotopic (exact) mass is 250 g/mol. The first kappa shape index (κ1) is 15.0. The lowest BCUT2D eigenvalue weighted by Gasteiger charge is -2.28. The van der Waals surface area contributed by atoms with Gasteiger partial charge in [-0.3, -0.25) is 0 Å². The van der Waals surface area contributed by atoms with Crippen LogP contribution in [0.4, 0.5) is 5.69 Å². The van der Waals surface area contributed by atoms with Gasteiger partial charge in [0.05, 0.1) is 6.61 Å². The van der Waals surface area contributed by atoms with Gasteiger partial charge in [-0.1, -0.05) is 25.1 Å². The molecule has 0 fully saturated rings. The van der Waals surface area contributed by atoms with Gasteiger partial charge in [0, 0.05) is 31.9 Å². The smallest absolute Gasteiger partial charge is 0.0637 e. The molecule has 1 aromatic rings. The molecule has 3 nitrogen and oxygen atoms in total. The van der Waals surface area contributed by atoms with Gasteiger partial charge in [-0.25, -0.2) is 0 Å². The van der Waals surface area contributed by atoms with Crippen molar-refractivity contribution in [1.82, 2.24) is 5.32 Å². The number of likely N-dealkylation sites (N-methyl/N-ethyl adjacent to an activating group) is 1. The zero-order valence-corrected chi connectivity index (χ0v) is 12.1. The van der Waals surface area contributed by atoms with Gasteiger partial charge in [-0.2, -0.15) is 0 Å². The Hall–Kier alpha value is -1.06. The van der Waals surface area contributed by atoms with Crippen LogP contribution >= 0.6 is 0 Å². The third-order valence-corrected chi connectivity index (χ3v) is 3.36. The number of methoxy groups -OCH3 is 1. The summed E-state index contributed by atoms with van der Waals surface area (Å²) in [6, 6.07) is 9.06. The highest BCUT2D eigenvalue weighted by atomic mass is 16.5. The van der Waals surface area contributed by atoms with Crippen LogP contribution in [0.5, 0.6) is 0 Å². The summed E-state index contributed by atoms with van der Waals surface area (Å²) in [5.41, 5.74) is 2.69. The van der Waals surface area contributed by atoms with Gasteiger partial charge in [0.2, 0.25) is 0 Å². The second-order valence-corrected chi connectivity index (χ2v) is 4.38. The molecule has 1 atom stereocenters. The molecule has 0 saturated heterocycles. The van der Waals surface area contributed by atoms with E-state index in [0.717, 1.165) is 26.1 Å². The molecule has 3 heteroatoms. The van der Waals surface area contributed by atoms with Gasteiger partial charge in [-0.15, -0.1) is 0 Å². The molecule has 0 saturated carbocycles. The lowest BCUT2D eigenvalue weighted by Crippen LogP contribution is -2.29. The van der Waals surface area contributed by atoms with Crippen molar-refractivity contribution in [3.8, 4) is 0 Å². The van der Waals surface area contributed by atoms with Crippen molar-refractivity contribution in [3.63, 3.8) is 0 Å². The zero-order valence-electron chi connectivity index (χ0n) is 12.1. The molecule has 1 rings (SSSR count). The fourth-order valence-corrected chi connectivity index (χ4v) is 2.30. The van der Waals surface area contributed by atoms with Crippen LogP contribution in [-0.2, 0) is 4.74 Å². The van der Waals surface area contributed by atoms with Crippen molar-refractivity contribution in [1.29, 1.82) is 0 Å². The molecule has 0 heterocycles. The van der Waals surface area contributed by atoms with E-state index in [1.54, 1.807) is 7.11 Å². The molecule has 0 aliphatic heterocycles. The minimum atomic E-state index is 0.415. The van der Waals surface area contributed by atoms with E-state index in [4.69, 9.17) is 4.74 Å². The second kappa shape index (κ2) is 8.11. The standard InChI is InChI=1S/C15H26N2O/c1-5-14(16-3)13-9-7-8-10-15(13)17(6-2)11-12-18-4/h7-10,14,16H,5-6,11-12H2,1-4H3. The average molecular weight is 250 g/mol. The van der Waals surface area contributed by atoms with Crippen molar-refractivity contribution in [2.24, 2.45) is 0 Å². The predicted molar refractivity (Wildman–Crippen MR) is 78.3 cm³/mol. The Morgan fingerprint density at radius 2 is 2.00 bits per heavy atom. The van der Waals surface area contributed by atoms with Crippen molar-refractivity contribution >= 4 is 5.69 Å². The molecular weight excluding hydrogens is 224 g/mol. The van der Waals surface area contributed by atoms with E-state index in [-0.39, 0.29) is 0 Å². The van der Waals surface area contributed by atoms with Crippen LogP contribution in [0, 0.1) is 0 Å². The van der Waals surface area contributed by atoms with E-state index in [1.807, 2.05) is 7.05 Å². The van der Waals surface area contributed by atoms with Crippen LogP contribution in [0.25, 0.3) is 0 Å². The fraction of sp³-hybridized carbons (Fsp3) is 0.600. The van der Waals surface area contributed by atoms with Gasteiger partial charge in [0.25, 0.3) is 0 Å². The average Bonchev–Trinajstić information content (AvgIpc) is 2.42. The molecule has 0 amide bonds. The van der Waals surface area contributed by atoms with E-state index >= 15 is 0 Å². The number of hydrogen-bond donors (Lipinski definition) is 1. The highest BCUT2D eigenvalue weighted by molar-refractivity contribution is 5.55. The summed E-state index contributed by atoms with van der Waals surface area (Å²) in [7, 11) is 3.78. The van der Waals surface area contributed by atoms with Crippen molar-refractivity contribution < 1.29 is 4.74 Å². The van der Waals surface area contributed by atoms with Gasteiger partial charge in [-0.05, 0) is 32.0 Å². The topological polar surface area (TPSA) is 24.5 Å². The summed E-state index contributed by atoms with van der Waals surface area (Å²) in [6.45, 7) is 7.10. The summed E-state index contributed by atoms with van der Waals surface area (Å²) < 4.78 is 5.19. The fourth-order valence-electron chi connectivity index (χ4n) is 2.30. The van der Waals surface area contributed by atoms with Gasteiger partial charge < -0.3 is 15.0 Å². The molecule has 18 heavy (non-hydrogen) atoms. The maximum atomic E-state index is 5.19. The summed E-state index contributed by atoms with van der Waals surface area (Å²) in [5, 5.41) is 3.39. The largest absolute Gasteiger partial charge is 0.383 e. The first-order chi connectivity index (χ1) is 8.78. The number of ether oxygens (including phenoxy) is 1. The van der Waals surface area contributed by atoms with E-state index in [2.05, 4.69) is 48.3 Å². The molecule has 1 unspecified atom stereocenters. The molecule has 0 radical (unpaired) electrons. The maximum Gasteiger partial charge on any atom is 0.0637 e. The van der Waals surface area contributed by atoms with E-state index in [1.165, 1.54) is 11.3 Å². The number of benzene rings is 1. The Bertz CT molecular complexity index is 337. The quantitative estimate of drug-likeness (QED) is 0.768. The number of rotatable bonds is 8. The number of nitrogens with one attached hydrogen (secondary N) is 1. The SMILES string of the molecule is CCC(NC)c1ccccc1N(CC)CCOC. The Morgan fingerprint density at radius 1 is 1.28 bits per heavy atom. The number of para-hydroxylation sites is 1. The number of nitrogens with zero attached hydrogens (tertiary/aromatic N) is 1. The third-order valence-electron chi connectivity index (χ3n) is 3.36. The summed E-state index contributed by atoms with van der Waals surface area (Å²) in [6.07, 6.45) is 1.09. The van der Waals surface area contributed by atoms with Crippen molar-refractivity contribution in [3.05, 3.63) is 29.8 Å². The Balaban J connectivity index is 2.98. The first-order valence-corrected chi connectivity index (χ1v) is 6.78. The van der Waals surface area contributed by atoms with Crippen LogP contribution in [-0.4, -0.2) is 33.9 Å². The van der Waals surface area contributed by atoms with Crippen LogP contribution < -0.4 is 10.2 Å². The molecular formula is C15H26N2O. The number of anilines is 1. The highest BCUT2D eigenvalue weighted by Crippen LogP contribution is 2.27. The molecule has 1 aromatic carbocycles. The summed E-state index contributed by atoms with van der Waals surface area (Å²) in [4.78, 5) is 2.37. The molecule has 1 N–H and O–H groups in total. The Morgan fingerprint density at radius 3 is 2.56 bits per heavy atom. The summed E-state index contributed by atoms with van der Waals surface area (Å²) in [5.74, 6) is 0. The molecule has 0 aliphatic carbocycles. The summed E-state index contributed by atoms with van der Waals surface area (Å²) >= 11 is 0. The highest BCUT2D eigenvalue weighted by Gasteiger charge is 2.14. The maximum absolute atomic E-state index is 5.19. The van der Waals surface area contributed by atoms with Crippen molar-refractivity contribution in [2.75, 3.05) is 38.8 Å². The molecule has 0 spiro atoms. The van der Waals surface area contributed by atoms with Crippen molar-refractivity contribution in [2.45, 2.75) is 26.3 Å².